The zero-order valence-electron chi connectivity index (χ0n) is 20.4. The van der Waals surface area contributed by atoms with Crippen molar-refractivity contribution in [1.82, 2.24) is 10.7 Å². The first kappa shape index (κ1) is 24.5. The van der Waals surface area contributed by atoms with Crippen LogP contribution in [-0.2, 0) is 13.0 Å². The average molecular weight is 512 g/mol. The Morgan fingerprint density at radius 3 is 2.35 bits per heavy atom. The highest BCUT2D eigenvalue weighted by Gasteiger charge is 2.28. The number of carbonyl (C=O) groups is 2. The van der Waals surface area contributed by atoms with Gasteiger partial charge in [-0.05, 0) is 54.7 Å². The molecule has 0 saturated heterocycles. The number of hydrazone groups is 1. The molecule has 3 aromatic carbocycles. The Kier molecular flexibility index (Phi) is 7.19. The van der Waals surface area contributed by atoms with E-state index in [0.29, 0.717) is 47.0 Å². The normalized spacial score (nSPS) is 13.7. The lowest BCUT2D eigenvalue weighted by Gasteiger charge is -2.13. The van der Waals surface area contributed by atoms with Crippen LogP contribution in [-0.4, -0.2) is 17.5 Å². The summed E-state index contributed by atoms with van der Waals surface area (Å²) >= 11 is 6.20. The summed E-state index contributed by atoms with van der Waals surface area (Å²) in [7, 11) is 0. The van der Waals surface area contributed by atoms with E-state index in [2.05, 4.69) is 15.8 Å². The number of aryl methyl sites for hydroxylation is 1. The van der Waals surface area contributed by atoms with E-state index < -0.39 is 0 Å². The number of benzene rings is 3. The van der Waals surface area contributed by atoms with Gasteiger partial charge in [-0.1, -0.05) is 72.3 Å². The van der Waals surface area contributed by atoms with Crippen molar-refractivity contribution in [1.29, 1.82) is 0 Å². The predicted octanol–water partition coefficient (Wildman–Crippen LogP) is 6.31. The van der Waals surface area contributed by atoms with Crippen molar-refractivity contribution in [3.8, 4) is 11.1 Å². The van der Waals surface area contributed by atoms with Crippen molar-refractivity contribution >= 4 is 29.1 Å². The van der Waals surface area contributed by atoms with Crippen LogP contribution < -0.4 is 10.7 Å². The van der Waals surface area contributed by atoms with E-state index in [1.165, 1.54) is 0 Å². The first-order valence-corrected chi connectivity index (χ1v) is 12.6. The summed E-state index contributed by atoms with van der Waals surface area (Å²) in [5.41, 5.74) is 8.37. The lowest BCUT2D eigenvalue weighted by atomic mass is 9.93. The Balaban J connectivity index is 1.29. The van der Waals surface area contributed by atoms with Crippen LogP contribution in [0.5, 0.6) is 0 Å². The van der Waals surface area contributed by atoms with Gasteiger partial charge in [0.25, 0.3) is 11.8 Å². The van der Waals surface area contributed by atoms with Crippen molar-refractivity contribution in [3.05, 3.63) is 118 Å². The molecule has 6 nitrogen and oxygen atoms in total. The van der Waals surface area contributed by atoms with Crippen molar-refractivity contribution < 1.29 is 14.0 Å². The fourth-order valence-electron chi connectivity index (χ4n) is 4.52. The van der Waals surface area contributed by atoms with Crippen LogP contribution in [0.4, 0.5) is 0 Å². The molecule has 186 valence electrons. The number of hydrogen-bond donors (Lipinski definition) is 2. The minimum absolute atomic E-state index is 0.259. The Morgan fingerprint density at radius 1 is 0.892 bits per heavy atom. The minimum atomic E-state index is -0.311. The van der Waals surface area contributed by atoms with E-state index in [4.69, 9.17) is 16.0 Å². The molecule has 2 amide bonds. The number of carbonyl (C=O) groups excluding carboxylic acids is 2. The number of halogens is 1. The predicted molar refractivity (Wildman–Crippen MR) is 145 cm³/mol. The topological polar surface area (TPSA) is 83.7 Å². The number of nitrogens with zero attached hydrogens (tertiary/aromatic N) is 1. The first-order chi connectivity index (χ1) is 18.0. The lowest BCUT2D eigenvalue weighted by molar-refractivity contribution is 0.0919. The molecule has 0 saturated carbocycles. The van der Waals surface area contributed by atoms with Gasteiger partial charge in [0.2, 0.25) is 0 Å². The third kappa shape index (κ3) is 5.34. The maximum atomic E-state index is 12.9. The molecule has 0 bridgehead atoms. The number of fused-ring (bicyclic) bond motifs is 1. The number of amides is 2. The van der Waals surface area contributed by atoms with Crippen LogP contribution in [0, 0.1) is 6.92 Å². The fraction of sp³-hybridized carbons (Fsp3) is 0.167. The highest BCUT2D eigenvalue weighted by molar-refractivity contribution is 6.31. The Labute approximate surface area is 220 Å². The molecule has 0 spiro atoms. The van der Waals surface area contributed by atoms with E-state index >= 15 is 0 Å². The van der Waals surface area contributed by atoms with Gasteiger partial charge < -0.3 is 9.73 Å². The van der Waals surface area contributed by atoms with Gasteiger partial charge in [-0.25, -0.2) is 5.43 Å². The molecular weight excluding hydrogens is 486 g/mol. The zero-order chi connectivity index (χ0) is 25.8. The molecule has 37 heavy (non-hydrogen) atoms. The molecule has 0 radical (unpaired) electrons. The molecule has 0 aliphatic heterocycles. The summed E-state index contributed by atoms with van der Waals surface area (Å²) in [5.74, 6) is 0.369. The van der Waals surface area contributed by atoms with Crippen LogP contribution in [0.1, 0.15) is 56.2 Å². The van der Waals surface area contributed by atoms with Crippen molar-refractivity contribution in [2.75, 3.05) is 0 Å². The highest BCUT2D eigenvalue weighted by Crippen LogP contribution is 2.30. The molecule has 5 rings (SSSR count). The van der Waals surface area contributed by atoms with Gasteiger partial charge in [0.05, 0.1) is 5.71 Å². The van der Waals surface area contributed by atoms with Gasteiger partial charge in [0.1, 0.15) is 5.76 Å². The highest BCUT2D eigenvalue weighted by atomic mass is 35.5. The summed E-state index contributed by atoms with van der Waals surface area (Å²) in [4.78, 5) is 25.7. The van der Waals surface area contributed by atoms with Gasteiger partial charge >= 0.3 is 0 Å². The van der Waals surface area contributed by atoms with Gasteiger partial charge in [0, 0.05) is 34.7 Å². The second-order valence-electron chi connectivity index (χ2n) is 8.92. The van der Waals surface area contributed by atoms with Crippen LogP contribution in [0.15, 0.2) is 88.4 Å². The number of hydrogen-bond acceptors (Lipinski definition) is 4. The van der Waals surface area contributed by atoms with Gasteiger partial charge in [-0.2, -0.15) is 5.10 Å². The van der Waals surface area contributed by atoms with Gasteiger partial charge in [-0.3, -0.25) is 9.59 Å². The molecule has 0 unspecified atom stereocenters. The van der Waals surface area contributed by atoms with Gasteiger partial charge in [0.15, 0.2) is 5.76 Å². The summed E-state index contributed by atoms with van der Waals surface area (Å²) in [6.45, 7) is 2.14. The van der Waals surface area contributed by atoms with E-state index in [-0.39, 0.29) is 17.6 Å². The van der Waals surface area contributed by atoms with E-state index in [0.717, 1.165) is 28.7 Å². The molecule has 0 atom stereocenters. The SMILES string of the molecule is Cc1c(C(=O)NCc2ccccc2Cl)oc2c1/C(=N/NC(=O)c1ccc(-c3ccccc3)cc1)CCC2. The molecule has 1 aromatic heterocycles. The summed E-state index contributed by atoms with van der Waals surface area (Å²) < 4.78 is 5.96. The maximum Gasteiger partial charge on any atom is 0.287 e. The lowest BCUT2D eigenvalue weighted by Crippen LogP contribution is -2.23. The first-order valence-electron chi connectivity index (χ1n) is 12.2. The van der Waals surface area contributed by atoms with E-state index in [1.807, 2.05) is 67.6 Å². The minimum Gasteiger partial charge on any atom is -0.455 e. The Bertz CT molecular complexity index is 1470. The average Bonchev–Trinajstić information content (AvgIpc) is 3.28. The maximum absolute atomic E-state index is 12.9. The molecule has 4 aromatic rings. The molecule has 7 heteroatoms. The largest absolute Gasteiger partial charge is 0.455 e. The van der Waals surface area contributed by atoms with Crippen LogP contribution in [0.3, 0.4) is 0 Å². The zero-order valence-corrected chi connectivity index (χ0v) is 21.1. The van der Waals surface area contributed by atoms with E-state index in [1.54, 1.807) is 18.2 Å². The monoisotopic (exact) mass is 511 g/mol. The summed E-state index contributed by atoms with van der Waals surface area (Å²) in [6.07, 6.45) is 2.21. The number of nitrogens with one attached hydrogen (secondary N) is 2. The second-order valence-corrected chi connectivity index (χ2v) is 9.33. The summed E-state index contributed by atoms with van der Waals surface area (Å²) in [6, 6.07) is 24.8. The van der Waals surface area contributed by atoms with Gasteiger partial charge in [-0.15, -0.1) is 0 Å². The molecule has 1 aliphatic carbocycles. The Hall–Kier alpha value is -4.16. The quantitative estimate of drug-likeness (QED) is 0.297. The third-order valence-electron chi connectivity index (χ3n) is 6.48. The number of furan rings is 1. The van der Waals surface area contributed by atoms with Crippen LogP contribution in [0.2, 0.25) is 5.02 Å². The summed E-state index contributed by atoms with van der Waals surface area (Å²) in [5, 5.41) is 7.91. The van der Waals surface area contributed by atoms with Crippen molar-refractivity contribution in [2.24, 2.45) is 5.10 Å². The van der Waals surface area contributed by atoms with Crippen molar-refractivity contribution in [3.63, 3.8) is 0 Å². The van der Waals surface area contributed by atoms with E-state index in [9.17, 15) is 9.59 Å². The molecule has 0 fully saturated rings. The third-order valence-corrected chi connectivity index (χ3v) is 6.84. The Morgan fingerprint density at radius 2 is 1.59 bits per heavy atom. The fourth-order valence-corrected chi connectivity index (χ4v) is 4.72. The molecule has 1 heterocycles. The van der Waals surface area contributed by atoms with Crippen LogP contribution >= 0.6 is 11.6 Å². The standard InChI is InChI=1S/C30H26ClN3O3/c1-19-27-25(33-34-29(35)22-16-14-21(15-17-22)20-8-3-2-4-9-20)12-7-13-26(27)37-28(19)30(36)32-18-23-10-5-6-11-24(23)31/h2-6,8-11,14-17H,7,12-13,18H2,1H3,(H,32,36)(H,34,35)/b33-25+. The second kappa shape index (κ2) is 10.8. The van der Waals surface area contributed by atoms with Crippen LogP contribution in [0.25, 0.3) is 11.1 Å². The smallest absolute Gasteiger partial charge is 0.287 e. The number of rotatable bonds is 6. The van der Waals surface area contributed by atoms with Crippen molar-refractivity contribution in [2.45, 2.75) is 32.7 Å². The molecular formula is C30H26ClN3O3. The molecule has 1 aliphatic rings. The molecule has 2 N–H and O–H groups in total.